The molecule has 1 aromatic carbocycles. The van der Waals surface area contributed by atoms with E-state index in [9.17, 15) is 39.9 Å². The first kappa shape index (κ1) is 63.2. The molecule has 2 amide bonds. The number of rotatable bonds is 14. The third-order valence-corrected chi connectivity index (χ3v) is 16.9. The number of alkyl carbamates (subject to hydrolysis) is 1. The van der Waals surface area contributed by atoms with E-state index in [0.717, 1.165) is 0 Å². The van der Waals surface area contributed by atoms with Gasteiger partial charge in [-0.25, -0.2) is 18.7 Å². The molecule has 0 bridgehead atoms. The number of morpholine rings is 1. The second-order valence-corrected chi connectivity index (χ2v) is 23.6. The van der Waals surface area contributed by atoms with Gasteiger partial charge in [0.1, 0.15) is 41.9 Å². The molecule has 1 aromatic heterocycles. The van der Waals surface area contributed by atoms with Crippen LogP contribution in [0.5, 0.6) is 0 Å². The molecule has 0 aliphatic carbocycles. The van der Waals surface area contributed by atoms with Crippen LogP contribution in [0.25, 0.3) is 0 Å². The number of amides is 2. The molecule has 5 saturated heterocycles. The Morgan fingerprint density at radius 3 is 2.34 bits per heavy atom. The van der Waals surface area contributed by atoms with Crippen molar-refractivity contribution in [1.82, 2.24) is 25.2 Å². The molecule has 0 radical (unpaired) electrons. The second-order valence-electron chi connectivity index (χ2n) is 23.6. The van der Waals surface area contributed by atoms with Crippen LogP contribution in [0.1, 0.15) is 101 Å². The lowest BCUT2D eigenvalue weighted by Gasteiger charge is -2.48. The summed E-state index contributed by atoms with van der Waals surface area (Å²) in [4.78, 5) is 45.9. The van der Waals surface area contributed by atoms with Crippen molar-refractivity contribution in [3.05, 3.63) is 35.9 Å². The second kappa shape index (κ2) is 26.5. The normalized spacial score (nSPS) is 39.2. The minimum absolute atomic E-state index is 0.0448. The topological polar surface area (TPSA) is 288 Å². The predicted octanol–water partition coefficient (Wildman–Crippen LogP) is 2.90. The van der Waals surface area contributed by atoms with Gasteiger partial charge >= 0.3 is 18.2 Å². The molecule has 19 atom stereocenters. The Balaban J connectivity index is 1.02. The number of halogens is 1. The first-order chi connectivity index (χ1) is 37.7. The number of esters is 1. The van der Waals surface area contributed by atoms with Gasteiger partial charge in [0.15, 0.2) is 12.6 Å². The van der Waals surface area contributed by atoms with Gasteiger partial charge in [0.05, 0.1) is 97.6 Å². The van der Waals surface area contributed by atoms with Crippen LogP contribution in [0.2, 0.25) is 0 Å². The summed E-state index contributed by atoms with van der Waals surface area (Å²) >= 11 is 0. The molecule has 6 N–H and O–H groups in total. The highest BCUT2D eigenvalue weighted by molar-refractivity contribution is 5.90. The maximum Gasteiger partial charge on any atom is 0.414 e. The summed E-state index contributed by atoms with van der Waals surface area (Å²) in [6, 6.07) is 3.08. The number of benzene rings is 1. The van der Waals surface area contributed by atoms with Crippen molar-refractivity contribution in [2.75, 3.05) is 70.0 Å². The zero-order chi connectivity index (χ0) is 58.6. The number of carbonyl (C=O) groups is 3. The van der Waals surface area contributed by atoms with Gasteiger partial charge in [-0.1, -0.05) is 26.0 Å². The number of anilines is 2. The highest BCUT2D eigenvalue weighted by Gasteiger charge is 2.53. The van der Waals surface area contributed by atoms with Crippen molar-refractivity contribution in [1.29, 1.82) is 0 Å². The molecule has 452 valence electrons. The van der Waals surface area contributed by atoms with Crippen molar-refractivity contribution in [2.45, 2.75) is 204 Å². The Bertz CT molecular complexity index is 2380. The van der Waals surface area contributed by atoms with Gasteiger partial charge in [0.25, 0.3) is 0 Å². The van der Waals surface area contributed by atoms with Gasteiger partial charge in [-0.05, 0) is 98.9 Å². The van der Waals surface area contributed by atoms with Crippen molar-refractivity contribution in [3.8, 4) is 0 Å². The van der Waals surface area contributed by atoms with Crippen LogP contribution in [0, 0.1) is 23.6 Å². The monoisotopic (exact) mass is 1140 g/mol. The highest BCUT2D eigenvalue weighted by Crippen LogP contribution is 2.40. The summed E-state index contributed by atoms with van der Waals surface area (Å²) < 4.78 is 71.0. The summed E-state index contributed by atoms with van der Waals surface area (Å²) in [6.45, 7) is 19.6. The number of aromatic nitrogens is 3. The number of nitrogens with one attached hydrogen (secondary N) is 1. The SMILES string of the molecule is CC[C@H]1OC(=O)[C@H](C)[C@@H](O[C@H]2C[C@@](C)(OC)[C@@H](O)[C@H](C)O2)[C@H](C)[C@@H](O[C@@H]2O[C@H](C)C[C@H](NC(=O)OCCc3cn(C[C@H]4CN(c5ccc(N6CCOCC6)c(F)c5)C(=O)O4)nn3)[C@H]2O)[C@](C)(O)C[C@@H](C)CN(C)[C@H](C)[C@@H](O)[C@]1(C)O. The minimum Gasteiger partial charge on any atom is -0.459 e. The van der Waals surface area contributed by atoms with Crippen molar-refractivity contribution < 1.29 is 86.9 Å². The third kappa shape index (κ3) is 14.7. The fourth-order valence-electron chi connectivity index (χ4n) is 12.1. The number of methoxy groups -OCH3 is 1. The van der Waals surface area contributed by atoms with Gasteiger partial charge in [-0.2, -0.15) is 0 Å². The summed E-state index contributed by atoms with van der Waals surface area (Å²) in [5, 5.41) is 70.5. The molecule has 25 heteroatoms. The molecule has 6 heterocycles. The van der Waals surface area contributed by atoms with Crippen LogP contribution >= 0.6 is 0 Å². The molecule has 0 unspecified atom stereocenters. The Kier molecular flexibility index (Phi) is 20.9. The Labute approximate surface area is 468 Å². The highest BCUT2D eigenvalue weighted by atomic mass is 19.1. The van der Waals surface area contributed by atoms with E-state index in [-0.39, 0.29) is 57.7 Å². The number of hydrogen-bond donors (Lipinski definition) is 6. The number of hydrogen-bond acceptors (Lipinski definition) is 21. The molecule has 80 heavy (non-hydrogen) atoms. The van der Waals surface area contributed by atoms with Crippen LogP contribution < -0.4 is 15.1 Å². The number of cyclic esters (lactones) is 2. The Hall–Kier alpha value is -4.38. The Morgan fingerprint density at radius 2 is 1.66 bits per heavy atom. The molecule has 0 saturated carbocycles. The molecular formula is C55H88FN7O17. The number of ether oxygens (including phenoxy) is 9. The smallest absolute Gasteiger partial charge is 0.414 e. The molecular weight excluding hydrogens is 1050 g/mol. The summed E-state index contributed by atoms with van der Waals surface area (Å²) in [5.41, 5.74) is -3.44. The van der Waals surface area contributed by atoms with Crippen molar-refractivity contribution in [3.63, 3.8) is 0 Å². The molecule has 24 nitrogen and oxygen atoms in total. The quantitative estimate of drug-likeness (QED) is 0.117. The fourth-order valence-corrected chi connectivity index (χ4v) is 12.1. The van der Waals surface area contributed by atoms with Crippen molar-refractivity contribution >= 4 is 29.5 Å². The van der Waals surface area contributed by atoms with E-state index in [1.54, 1.807) is 80.8 Å². The standard InChI is InChI=1S/C55H88FN7O17/c1-13-42-55(10,71)46(65)34(6)60(11)26-30(2)24-53(8,70)48(32(4)45(33(5)49(67)78-42)79-43-25-54(9,72-12)47(66)35(7)76-43)80-50-44(64)40(22-31(3)75-50)57-51(68)74-19-16-36-27-62(59-58-36)28-38-29-63(52(69)77-38)37-14-15-41(39(56)23-37)61-17-20-73-21-18-61/h14-15,23,27,30-35,38,40,42-48,50,64-66,70-71H,13,16-22,24-26,28-29H2,1-12H3,(H,57,68)/t30-,31-,32+,33-,34-,35+,38+,40+,42-,43+,44-,45+,46-,47+,48-,50+,53-,54-,55-/m1/s1. The van der Waals surface area contributed by atoms with Gasteiger partial charge < -0.3 is 83.3 Å². The largest absolute Gasteiger partial charge is 0.459 e. The number of carbonyl (C=O) groups excluding carboxylic acids is 3. The van der Waals surface area contributed by atoms with Gasteiger partial charge in [-0.15, -0.1) is 5.10 Å². The van der Waals surface area contributed by atoms with Crippen LogP contribution in [-0.2, 0) is 60.4 Å². The number of likely N-dealkylation sites (N-methyl/N-ethyl adjacent to an activating group) is 1. The zero-order valence-electron chi connectivity index (χ0n) is 48.4. The fraction of sp³-hybridized carbons (Fsp3) is 0.800. The molecule has 5 fully saturated rings. The summed E-state index contributed by atoms with van der Waals surface area (Å²) in [7, 11) is 3.26. The number of aliphatic hydroxyl groups excluding tert-OH is 3. The Morgan fingerprint density at radius 1 is 0.950 bits per heavy atom. The minimum atomic E-state index is -1.88. The van der Waals surface area contributed by atoms with E-state index in [0.29, 0.717) is 49.9 Å². The van der Waals surface area contributed by atoms with E-state index in [2.05, 4.69) is 15.6 Å². The first-order valence-corrected chi connectivity index (χ1v) is 28.2. The maximum atomic E-state index is 15.2. The van der Waals surface area contributed by atoms with Crippen LogP contribution in [0.15, 0.2) is 24.4 Å². The van der Waals surface area contributed by atoms with E-state index in [1.807, 2.05) is 16.7 Å². The van der Waals surface area contributed by atoms with E-state index < -0.39 is 132 Å². The van der Waals surface area contributed by atoms with Crippen LogP contribution in [0.4, 0.5) is 25.4 Å². The van der Waals surface area contributed by atoms with Gasteiger partial charge in [0, 0.05) is 57.7 Å². The average Bonchev–Trinajstić information content (AvgIpc) is 4.11. The number of nitrogens with zero attached hydrogens (tertiary/aromatic N) is 6. The number of aliphatic hydroxyl groups is 5. The predicted molar refractivity (Wildman–Crippen MR) is 286 cm³/mol. The van der Waals surface area contributed by atoms with Gasteiger partial charge in [0.2, 0.25) is 0 Å². The molecule has 5 aliphatic heterocycles. The van der Waals surface area contributed by atoms with Crippen LogP contribution in [0.3, 0.4) is 0 Å². The van der Waals surface area contributed by atoms with Crippen molar-refractivity contribution in [2.24, 2.45) is 17.8 Å². The maximum absolute atomic E-state index is 15.2. The van der Waals surface area contributed by atoms with E-state index >= 15 is 4.39 Å². The first-order valence-electron chi connectivity index (χ1n) is 28.2. The molecule has 0 spiro atoms. The lowest BCUT2D eigenvalue weighted by Crippen LogP contribution is -2.61. The molecule has 5 aliphatic rings. The molecule has 2 aromatic rings. The summed E-state index contributed by atoms with van der Waals surface area (Å²) in [6.07, 6.45) is -11.1. The van der Waals surface area contributed by atoms with E-state index in [4.69, 9.17) is 42.6 Å². The van der Waals surface area contributed by atoms with Crippen LogP contribution in [-0.4, -0.2) is 220 Å². The van der Waals surface area contributed by atoms with Gasteiger partial charge in [-0.3, -0.25) is 9.69 Å². The lowest BCUT2D eigenvalue weighted by molar-refractivity contribution is -0.315. The molecule has 7 rings (SSSR count). The summed E-state index contributed by atoms with van der Waals surface area (Å²) in [5.74, 6) is -3.56. The lowest BCUT2D eigenvalue weighted by atomic mass is 9.77. The van der Waals surface area contributed by atoms with E-state index in [1.165, 1.54) is 29.7 Å². The zero-order valence-corrected chi connectivity index (χ0v) is 48.4. The third-order valence-electron chi connectivity index (χ3n) is 16.9. The average molecular weight is 1140 g/mol.